The summed E-state index contributed by atoms with van der Waals surface area (Å²) in [4.78, 5) is 0. The van der Waals surface area contributed by atoms with E-state index in [1.54, 1.807) is 0 Å². The Morgan fingerprint density at radius 3 is 2.09 bits per heavy atom. The van der Waals surface area contributed by atoms with Crippen molar-refractivity contribution in [2.75, 3.05) is 11.5 Å². The molecule has 0 N–H and O–H groups in total. The van der Waals surface area contributed by atoms with E-state index < -0.39 is 0 Å². The largest absolute Gasteiger partial charge is 0.162 e. The molecule has 0 unspecified atom stereocenters. The van der Waals surface area contributed by atoms with Crippen molar-refractivity contribution in [2.24, 2.45) is 5.92 Å². The number of thioether (sulfide) groups is 1. The van der Waals surface area contributed by atoms with Gasteiger partial charge in [0.05, 0.1) is 0 Å². The fourth-order valence-electron chi connectivity index (χ4n) is 0.952. The first-order valence-electron chi connectivity index (χ1n) is 4.55. The number of hydrogen-bond acceptors (Lipinski definition) is 1. The van der Waals surface area contributed by atoms with Crippen molar-refractivity contribution < 1.29 is 0 Å². The minimum atomic E-state index is 0.830. The third-order valence-corrected chi connectivity index (χ3v) is 2.65. The quantitative estimate of drug-likeness (QED) is 0.543. The Hall–Kier alpha value is 0.0900. The molecule has 1 aliphatic heterocycles. The van der Waals surface area contributed by atoms with Gasteiger partial charge in [0.15, 0.2) is 0 Å². The summed E-state index contributed by atoms with van der Waals surface area (Å²) in [5.74, 6) is 3.52. The van der Waals surface area contributed by atoms with Gasteiger partial charge >= 0.3 is 0 Å². The molecule has 11 heavy (non-hydrogen) atoms. The Labute approximate surface area is 75.5 Å². The Morgan fingerprint density at radius 2 is 1.82 bits per heavy atom. The summed E-state index contributed by atoms with van der Waals surface area (Å²) in [5, 5.41) is 0. The van der Waals surface area contributed by atoms with Crippen molar-refractivity contribution in [3.8, 4) is 0 Å². The second-order valence-electron chi connectivity index (χ2n) is 2.89. The molecule has 0 atom stereocenters. The molecular weight excluding hydrogens is 152 g/mol. The zero-order valence-electron chi connectivity index (χ0n) is 7.81. The highest BCUT2D eigenvalue weighted by atomic mass is 32.2. The van der Waals surface area contributed by atoms with E-state index >= 15 is 0 Å². The van der Waals surface area contributed by atoms with Gasteiger partial charge in [-0.2, -0.15) is 11.8 Å². The molecular formula is C10H20S. The van der Waals surface area contributed by atoms with E-state index in [-0.39, 0.29) is 0 Å². The molecule has 0 aliphatic carbocycles. The van der Waals surface area contributed by atoms with Crippen molar-refractivity contribution in [3.63, 3.8) is 0 Å². The Kier molecular flexibility index (Phi) is 8.26. The van der Waals surface area contributed by atoms with Crippen LogP contribution in [0.25, 0.3) is 0 Å². The molecule has 1 aliphatic rings. The van der Waals surface area contributed by atoms with Crippen LogP contribution in [-0.2, 0) is 0 Å². The summed E-state index contributed by atoms with van der Waals surface area (Å²) in [6.07, 6.45) is 6.06. The van der Waals surface area contributed by atoms with Crippen molar-refractivity contribution in [1.82, 2.24) is 0 Å². The molecule has 0 spiro atoms. The fraction of sp³-hybridized carbons (Fsp3) is 0.800. The van der Waals surface area contributed by atoms with Gasteiger partial charge < -0.3 is 0 Å². The number of hydrogen-bond donors (Lipinski definition) is 0. The zero-order valence-corrected chi connectivity index (χ0v) is 8.62. The maximum Gasteiger partial charge on any atom is -0.00619 e. The molecule has 0 aromatic heterocycles. The molecule has 0 nitrogen and oxygen atoms in total. The van der Waals surface area contributed by atoms with E-state index in [1.165, 1.54) is 30.8 Å². The van der Waals surface area contributed by atoms with Gasteiger partial charge in [0.25, 0.3) is 0 Å². The van der Waals surface area contributed by atoms with Crippen molar-refractivity contribution in [3.05, 3.63) is 12.7 Å². The van der Waals surface area contributed by atoms with Gasteiger partial charge in [0.2, 0.25) is 0 Å². The smallest absolute Gasteiger partial charge is 0.00619 e. The highest BCUT2D eigenvalue weighted by molar-refractivity contribution is 7.99. The van der Waals surface area contributed by atoms with Gasteiger partial charge in [0, 0.05) is 0 Å². The van der Waals surface area contributed by atoms with Crippen molar-refractivity contribution >= 4 is 11.8 Å². The van der Waals surface area contributed by atoms with Crippen LogP contribution in [0.5, 0.6) is 0 Å². The lowest BCUT2D eigenvalue weighted by Crippen LogP contribution is -2.05. The van der Waals surface area contributed by atoms with E-state index in [2.05, 4.69) is 38.3 Å². The summed E-state index contributed by atoms with van der Waals surface area (Å²) in [5.41, 5.74) is 0. The van der Waals surface area contributed by atoms with Gasteiger partial charge in [-0.25, -0.2) is 0 Å². The summed E-state index contributed by atoms with van der Waals surface area (Å²) in [6.45, 7) is 8.03. The molecule has 0 saturated carbocycles. The highest BCUT2D eigenvalue weighted by Gasteiger charge is 2.08. The predicted molar refractivity (Wildman–Crippen MR) is 56.2 cm³/mol. The molecule has 0 radical (unpaired) electrons. The zero-order chi connectivity index (χ0) is 8.53. The highest BCUT2D eigenvalue weighted by Crippen LogP contribution is 2.22. The van der Waals surface area contributed by atoms with E-state index in [0.29, 0.717) is 0 Å². The predicted octanol–water partition coefficient (Wildman–Crippen LogP) is 3.73. The lowest BCUT2D eigenvalue weighted by atomic mass is 10.0. The van der Waals surface area contributed by atoms with Gasteiger partial charge in [-0.15, -0.1) is 6.58 Å². The van der Waals surface area contributed by atoms with Crippen LogP contribution in [0.2, 0.25) is 0 Å². The van der Waals surface area contributed by atoms with Gasteiger partial charge in [-0.1, -0.05) is 26.3 Å². The summed E-state index contributed by atoms with van der Waals surface area (Å²) in [7, 11) is 0. The van der Waals surface area contributed by atoms with Crippen LogP contribution >= 0.6 is 11.8 Å². The van der Waals surface area contributed by atoms with Crippen molar-refractivity contribution in [2.45, 2.75) is 33.1 Å². The van der Waals surface area contributed by atoms with E-state index in [0.717, 1.165) is 5.92 Å². The SMILES string of the molecule is C=CC1CCSCC1.CCC. The molecule has 1 heterocycles. The minimum absolute atomic E-state index is 0.830. The molecule has 1 fully saturated rings. The molecule has 0 aromatic carbocycles. The molecule has 1 saturated heterocycles. The summed E-state index contributed by atoms with van der Waals surface area (Å²) >= 11 is 2.07. The van der Waals surface area contributed by atoms with Crippen LogP contribution in [-0.4, -0.2) is 11.5 Å². The second-order valence-corrected chi connectivity index (χ2v) is 4.12. The summed E-state index contributed by atoms with van der Waals surface area (Å²) < 4.78 is 0. The fourth-order valence-corrected chi connectivity index (χ4v) is 2.09. The lowest BCUT2D eigenvalue weighted by molar-refractivity contribution is 0.603. The van der Waals surface area contributed by atoms with Gasteiger partial charge in [0.1, 0.15) is 0 Å². The standard InChI is InChI=1S/C7H12S.C3H8/c1-2-7-3-5-8-6-4-7;1-3-2/h2,7H,1,3-6H2;3H2,1-2H3. The van der Waals surface area contributed by atoms with E-state index in [9.17, 15) is 0 Å². The first kappa shape index (κ1) is 11.1. The topological polar surface area (TPSA) is 0 Å². The first-order valence-corrected chi connectivity index (χ1v) is 5.70. The third-order valence-electron chi connectivity index (χ3n) is 1.60. The van der Waals surface area contributed by atoms with Gasteiger partial charge in [-0.05, 0) is 30.3 Å². The second kappa shape index (κ2) is 8.19. The van der Waals surface area contributed by atoms with Crippen LogP contribution in [0.3, 0.4) is 0 Å². The molecule has 1 heteroatoms. The molecule has 0 amide bonds. The van der Waals surface area contributed by atoms with Crippen LogP contribution in [0.15, 0.2) is 12.7 Å². The number of allylic oxidation sites excluding steroid dienone is 1. The Bertz CT molecular complexity index is 82.9. The lowest BCUT2D eigenvalue weighted by Gasteiger charge is -2.16. The first-order chi connectivity index (χ1) is 5.35. The monoisotopic (exact) mass is 172 g/mol. The normalized spacial score (nSPS) is 18.4. The maximum absolute atomic E-state index is 3.78. The number of rotatable bonds is 1. The average Bonchev–Trinajstić information content (AvgIpc) is 2.08. The Balaban J connectivity index is 0.000000292. The van der Waals surface area contributed by atoms with Crippen LogP contribution in [0, 0.1) is 5.92 Å². The molecule has 0 bridgehead atoms. The van der Waals surface area contributed by atoms with E-state index in [1.807, 2.05) is 0 Å². The van der Waals surface area contributed by atoms with Crippen LogP contribution < -0.4 is 0 Å². The average molecular weight is 172 g/mol. The van der Waals surface area contributed by atoms with Crippen molar-refractivity contribution in [1.29, 1.82) is 0 Å². The summed E-state index contributed by atoms with van der Waals surface area (Å²) in [6, 6.07) is 0. The minimum Gasteiger partial charge on any atom is -0.162 e. The molecule has 66 valence electrons. The third kappa shape index (κ3) is 6.49. The molecule has 1 rings (SSSR count). The van der Waals surface area contributed by atoms with Crippen LogP contribution in [0.4, 0.5) is 0 Å². The van der Waals surface area contributed by atoms with Gasteiger partial charge in [-0.3, -0.25) is 0 Å². The molecule has 0 aromatic rings. The Morgan fingerprint density at radius 1 is 1.36 bits per heavy atom. The maximum atomic E-state index is 3.78. The van der Waals surface area contributed by atoms with Crippen LogP contribution in [0.1, 0.15) is 33.1 Å². The van der Waals surface area contributed by atoms with E-state index in [4.69, 9.17) is 0 Å².